The standard InChI is InChI=1S/C20H18Cl2N2O3S/c1-4-5-6-19(23-2)16-11-13(7-10-17(16)21)24-20(25)15-9-8-14(12-18(15)22)28(3,26)27/h4-12H,2H2,1,3H3,(H,24,25)/b5-4-,19-6-. The van der Waals surface area contributed by atoms with Crippen LogP contribution in [0, 0.1) is 0 Å². The van der Waals surface area contributed by atoms with Crippen molar-refractivity contribution in [2.75, 3.05) is 11.6 Å². The van der Waals surface area contributed by atoms with Crippen molar-refractivity contribution in [3.8, 4) is 0 Å². The van der Waals surface area contributed by atoms with E-state index in [0.29, 0.717) is 22.0 Å². The van der Waals surface area contributed by atoms with Gasteiger partial charge in [-0.15, -0.1) is 0 Å². The van der Waals surface area contributed by atoms with Gasteiger partial charge < -0.3 is 5.32 Å². The molecule has 0 radical (unpaired) electrons. The second kappa shape index (κ2) is 9.19. The molecule has 0 saturated carbocycles. The van der Waals surface area contributed by atoms with Gasteiger partial charge in [0.25, 0.3) is 5.91 Å². The summed E-state index contributed by atoms with van der Waals surface area (Å²) in [6.45, 7) is 5.41. The summed E-state index contributed by atoms with van der Waals surface area (Å²) in [5, 5.41) is 3.21. The first-order chi connectivity index (χ1) is 13.2. The average molecular weight is 437 g/mol. The highest BCUT2D eigenvalue weighted by Crippen LogP contribution is 2.29. The zero-order valence-corrected chi connectivity index (χ0v) is 17.6. The summed E-state index contributed by atoms with van der Waals surface area (Å²) >= 11 is 12.3. The largest absolute Gasteiger partial charge is 0.322 e. The Balaban J connectivity index is 2.35. The highest BCUT2D eigenvalue weighted by Gasteiger charge is 2.16. The predicted molar refractivity (Wildman–Crippen MR) is 116 cm³/mol. The smallest absolute Gasteiger partial charge is 0.257 e. The lowest BCUT2D eigenvalue weighted by Gasteiger charge is -2.11. The Bertz CT molecular complexity index is 1090. The first kappa shape index (κ1) is 21.9. The summed E-state index contributed by atoms with van der Waals surface area (Å²) in [7, 11) is -3.42. The van der Waals surface area contributed by atoms with Crippen LogP contribution in [-0.4, -0.2) is 27.3 Å². The maximum absolute atomic E-state index is 12.6. The zero-order chi connectivity index (χ0) is 20.9. The first-order valence-electron chi connectivity index (χ1n) is 8.08. The van der Waals surface area contributed by atoms with Gasteiger partial charge in [-0.1, -0.05) is 35.4 Å². The number of halogens is 2. The van der Waals surface area contributed by atoms with Crippen LogP contribution in [-0.2, 0) is 9.84 Å². The molecule has 1 amide bonds. The molecule has 0 unspecified atom stereocenters. The van der Waals surface area contributed by atoms with E-state index in [9.17, 15) is 13.2 Å². The predicted octanol–water partition coefficient (Wildman–Crippen LogP) is 5.27. The number of hydrogen-bond acceptors (Lipinski definition) is 4. The lowest BCUT2D eigenvalue weighted by Crippen LogP contribution is -2.13. The van der Waals surface area contributed by atoms with E-state index < -0.39 is 15.7 Å². The van der Waals surface area contributed by atoms with Crippen LogP contribution in [0.15, 0.2) is 64.5 Å². The monoisotopic (exact) mass is 436 g/mol. The first-order valence-corrected chi connectivity index (χ1v) is 10.7. The number of carbonyl (C=O) groups excluding carboxylic acids is 1. The Hall–Kier alpha value is -2.41. The Kier molecular flexibility index (Phi) is 7.18. The molecule has 0 aliphatic carbocycles. The number of aliphatic imine (C=N–C) groups is 1. The minimum Gasteiger partial charge on any atom is -0.322 e. The molecule has 0 spiro atoms. The van der Waals surface area contributed by atoms with Crippen molar-refractivity contribution in [3.63, 3.8) is 0 Å². The number of amides is 1. The molecular formula is C20H18Cl2N2O3S. The van der Waals surface area contributed by atoms with Gasteiger partial charge in [-0.25, -0.2) is 8.42 Å². The van der Waals surface area contributed by atoms with Gasteiger partial charge in [-0.3, -0.25) is 9.79 Å². The number of nitrogens with zero attached hydrogens (tertiary/aromatic N) is 1. The molecule has 0 bridgehead atoms. The lowest BCUT2D eigenvalue weighted by atomic mass is 10.1. The molecule has 0 aliphatic heterocycles. The van der Waals surface area contributed by atoms with Crippen LogP contribution in [0.4, 0.5) is 5.69 Å². The molecule has 146 valence electrons. The normalized spacial score (nSPS) is 12.2. The summed E-state index contributed by atoms with van der Waals surface area (Å²) in [6.07, 6.45) is 6.46. The van der Waals surface area contributed by atoms with E-state index in [1.54, 1.807) is 30.4 Å². The molecule has 0 atom stereocenters. The van der Waals surface area contributed by atoms with Crippen LogP contribution in [0.2, 0.25) is 10.0 Å². The molecule has 1 N–H and O–H groups in total. The van der Waals surface area contributed by atoms with E-state index in [1.807, 2.05) is 13.0 Å². The molecule has 0 fully saturated rings. The van der Waals surface area contributed by atoms with Crippen molar-refractivity contribution in [3.05, 3.63) is 75.8 Å². The van der Waals surface area contributed by atoms with Gasteiger partial charge in [0.15, 0.2) is 9.84 Å². The van der Waals surface area contributed by atoms with Crippen molar-refractivity contribution in [1.29, 1.82) is 0 Å². The van der Waals surface area contributed by atoms with Crippen molar-refractivity contribution in [1.82, 2.24) is 0 Å². The second-order valence-corrected chi connectivity index (χ2v) is 8.63. The Labute approximate surface area is 174 Å². The molecule has 2 aromatic carbocycles. The zero-order valence-electron chi connectivity index (χ0n) is 15.2. The number of hydrogen-bond donors (Lipinski definition) is 1. The Morgan fingerprint density at radius 3 is 2.39 bits per heavy atom. The molecule has 28 heavy (non-hydrogen) atoms. The van der Waals surface area contributed by atoms with Crippen LogP contribution in [0.1, 0.15) is 22.8 Å². The van der Waals surface area contributed by atoms with Gasteiger partial charge in [0.2, 0.25) is 0 Å². The third-order valence-corrected chi connectivity index (χ3v) is 5.48. The van der Waals surface area contributed by atoms with E-state index in [0.717, 1.165) is 6.26 Å². The van der Waals surface area contributed by atoms with Crippen molar-refractivity contribution < 1.29 is 13.2 Å². The van der Waals surface area contributed by atoms with Gasteiger partial charge in [-0.2, -0.15) is 0 Å². The second-order valence-electron chi connectivity index (χ2n) is 5.80. The van der Waals surface area contributed by atoms with Crippen LogP contribution in [0.3, 0.4) is 0 Å². The fourth-order valence-corrected chi connectivity index (χ4v) is 3.52. The van der Waals surface area contributed by atoms with E-state index >= 15 is 0 Å². The fraction of sp³-hybridized carbons (Fsp3) is 0.100. The molecule has 0 saturated heterocycles. The van der Waals surface area contributed by atoms with Gasteiger partial charge in [-0.05, 0) is 56.1 Å². The minimum absolute atomic E-state index is 0.0380. The third kappa shape index (κ3) is 5.32. The molecule has 0 aliphatic rings. The highest BCUT2D eigenvalue weighted by atomic mass is 35.5. The summed E-state index contributed by atoms with van der Waals surface area (Å²) in [6, 6.07) is 8.90. The van der Waals surface area contributed by atoms with E-state index in [2.05, 4.69) is 17.0 Å². The third-order valence-electron chi connectivity index (χ3n) is 3.73. The molecular weight excluding hydrogens is 419 g/mol. The number of benzene rings is 2. The van der Waals surface area contributed by atoms with E-state index in [-0.39, 0.29) is 15.5 Å². The van der Waals surface area contributed by atoms with Gasteiger partial charge in [0.1, 0.15) is 0 Å². The molecule has 5 nitrogen and oxygen atoms in total. The van der Waals surface area contributed by atoms with Crippen LogP contribution >= 0.6 is 23.2 Å². The maximum Gasteiger partial charge on any atom is 0.257 e. The number of carbonyl (C=O) groups is 1. The molecule has 2 rings (SSSR count). The molecule has 2 aromatic rings. The highest BCUT2D eigenvalue weighted by molar-refractivity contribution is 7.90. The van der Waals surface area contributed by atoms with Gasteiger partial charge in [0.05, 0.1) is 26.2 Å². The van der Waals surface area contributed by atoms with E-state index in [1.165, 1.54) is 18.2 Å². The minimum atomic E-state index is -3.42. The Morgan fingerprint density at radius 2 is 1.82 bits per heavy atom. The quantitative estimate of drug-likeness (QED) is 0.494. The topological polar surface area (TPSA) is 75.6 Å². The molecule has 8 heteroatoms. The van der Waals surface area contributed by atoms with Gasteiger partial charge in [0, 0.05) is 17.5 Å². The summed E-state index contributed by atoms with van der Waals surface area (Å²) in [5.74, 6) is -0.483. The van der Waals surface area contributed by atoms with Crippen LogP contribution in [0.5, 0.6) is 0 Å². The summed E-state index contributed by atoms with van der Waals surface area (Å²) in [5.41, 5.74) is 1.78. The fourth-order valence-electron chi connectivity index (χ4n) is 2.32. The molecule has 0 heterocycles. The summed E-state index contributed by atoms with van der Waals surface area (Å²) < 4.78 is 23.2. The van der Waals surface area contributed by atoms with Crippen molar-refractivity contribution in [2.45, 2.75) is 11.8 Å². The number of allylic oxidation sites excluding steroid dienone is 3. The van der Waals surface area contributed by atoms with Crippen LogP contribution < -0.4 is 5.32 Å². The van der Waals surface area contributed by atoms with Crippen molar-refractivity contribution in [2.24, 2.45) is 4.99 Å². The number of nitrogens with one attached hydrogen (secondary N) is 1. The Morgan fingerprint density at radius 1 is 1.11 bits per heavy atom. The van der Waals surface area contributed by atoms with Crippen molar-refractivity contribution >= 4 is 57.0 Å². The molecule has 0 aromatic heterocycles. The average Bonchev–Trinajstić information content (AvgIpc) is 2.63. The van der Waals surface area contributed by atoms with E-state index in [4.69, 9.17) is 23.2 Å². The lowest BCUT2D eigenvalue weighted by molar-refractivity contribution is 0.102. The number of rotatable bonds is 6. The summed E-state index contributed by atoms with van der Waals surface area (Å²) in [4.78, 5) is 16.6. The maximum atomic E-state index is 12.6. The SMILES string of the molecule is C=N/C(=C\C=C/C)c1cc(NC(=O)c2ccc(S(C)(=O)=O)cc2Cl)ccc1Cl. The number of anilines is 1. The number of sulfone groups is 1. The van der Waals surface area contributed by atoms with Crippen LogP contribution in [0.25, 0.3) is 5.70 Å². The van der Waals surface area contributed by atoms with Gasteiger partial charge >= 0.3 is 0 Å².